The molecule has 2 aromatic carbocycles. The van der Waals surface area contributed by atoms with Crippen LogP contribution in [0.25, 0.3) is 11.0 Å². The van der Waals surface area contributed by atoms with E-state index >= 15 is 0 Å². The van der Waals surface area contributed by atoms with Crippen LogP contribution in [-0.2, 0) is 17.8 Å². The van der Waals surface area contributed by atoms with Gasteiger partial charge >= 0.3 is 0 Å². The third-order valence-corrected chi connectivity index (χ3v) is 6.65. The van der Waals surface area contributed by atoms with E-state index in [1.807, 2.05) is 48.6 Å². The van der Waals surface area contributed by atoms with Crippen LogP contribution in [0.5, 0.6) is 5.75 Å². The molecular formula is C26H34N4O2. The monoisotopic (exact) mass is 434 g/mol. The van der Waals surface area contributed by atoms with Gasteiger partial charge in [-0.2, -0.15) is 0 Å². The van der Waals surface area contributed by atoms with Gasteiger partial charge in [0.25, 0.3) is 0 Å². The number of piperidine rings is 1. The van der Waals surface area contributed by atoms with Crippen molar-refractivity contribution in [1.82, 2.24) is 19.4 Å². The summed E-state index contributed by atoms with van der Waals surface area (Å²) >= 11 is 0. The molecule has 4 rings (SSSR count). The molecule has 1 aromatic heterocycles. The maximum Gasteiger partial charge on any atom is 0.224 e. The molecule has 2 heterocycles. The molecular weight excluding hydrogens is 400 g/mol. The fraction of sp³-hybridized carbons (Fsp3) is 0.462. The third-order valence-electron chi connectivity index (χ3n) is 6.65. The van der Waals surface area contributed by atoms with Crippen LogP contribution in [0.4, 0.5) is 0 Å². The minimum Gasteiger partial charge on any atom is -0.496 e. The summed E-state index contributed by atoms with van der Waals surface area (Å²) in [6, 6.07) is 16.3. The van der Waals surface area contributed by atoms with Gasteiger partial charge in [-0.15, -0.1) is 0 Å². The van der Waals surface area contributed by atoms with E-state index in [4.69, 9.17) is 4.74 Å². The first-order valence-electron chi connectivity index (χ1n) is 11.6. The number of para-hydroxylation sites is 3. The van der Waals surface area contributed by atoms with Crippen LogP contribution in [0.2, 0.25) is 0 Å². The quantitative estimate of drug-likeness (QED) is 0.513. The first-order valence-corrected chi connectivity index (χ1v) is 11.6. The van der Waals surface area contributed by atoms with Gasteiger partial charge in [0.05, 0.1) is 24.5 Å². The van der Waals surface area contributed by atoms with Crippen molar-refractivity contribution >= 4 is 16.9 Å². The maximum absolute atomic E-state index is 12.7. The lowest BCUT2D eigenvalue weighted by molar-refractivity contribution is -0.130. The summed E-state index contributed by atoms with van der Waals surface area (Å²) in [4.78, 5) is 21.6. The fourth-order valence-electron chi connectivity index (χ4n) is 4.67. The molecule has 1 saturated heterocycles. The molecule has 1 aliphatic rings. The molecule has 0 radical (unpaired) electrons. The highest BCUT2D eigenvalue weighted by molar-refractivity contribution is 5.77. The van der Waals surface area contributed by atoms with Crippen LogP contribution in [0, 0.1) is 5.92 Å². The average molecular weight is 435 g/mol. The summed E-state index contributed by atoms with van der Waals surface area (Å²) in [5.41, 5.74) is 3.34. The Balaban J connectivity index is 1.18. The minimum absolute atomic E-state index is 0.210. The van der Waals surface area contributed by atoms with E-state index in [0.29, 0.717) is 18.9 Å². The number of rotatable bonds is 9. The highest BCUT2D eigenvalue weighted by atomic mass is 16.5. The van der Waals surface area contributed by atoms with Crippen molar-refractivity contribution in [2.24, 2.45) is 5.92 Å². The summed E-state index contributed by atoms with van der Waals surface area (Å²) in [5.74, 6) is 1.77. The van der Waals surface area contributed by atoms with Crippen LogP contribution in [-0.4, -0.2) is 65.6 Å². The number of carbonyl (C=O) groups excluding carboxylic acids is 1. The van der Waals surface area contributed by atoms with Crippen molar-refractivity contribution in [2.75, 3.05) is 40.3 Å². The zero-order valence-corrected chi connectivity index (χ0v) is 19.2. The second kappa shape index (κ2) is 10.6. The van der Waals surface area contributed by atoms with E-state index in [9.17, 15) is 4.79 Å². The molecule has 0 unspecified atom stereocenters. The molecule has 0 atom stereocenters. The minimum atomic E-state index is 0.210. The molecule has 6 heteroatoms. The van der Waals surface area contributed by atoms with Crippen LogP contribution in [0.3, 0.4) is 0 Å². The Labute approximate surface area is 190 Å². The topological polar surface area (TPSA) is 50.6 Å². The highest BCUT2D eigenvalue weighted by Gasteiger charge is 2.22. The number of likely N-dealkylation sites (tertiary alicyclic amines) is 1. The molecule has 1 fully saturated rings. The number of amides is 1. The number of carbonyl (C=O) groups is 1. The largest absolute Gasteiger partial charge is 0.496 e. The van der Waals surface area contributed by atoms with Crippen LogP contribution >= 0.6 is 0 Å². The molecule has 0 aliphatic carbocycles. The first-order chi connectivity index (χ1) is 15.6. The van der Waals surface area contributed by atoms with Crippen molar-refractivity contribution in [2.45, 2.75) is 32.2 Å². The lowest BCUT2D eigenvalue weighted by Gasteiger charge is -2.34. The molecule has 0 N–H and O–H groups in total. The summed E-state index contributed by atoms with van der Waals surface area (Å²) in [5, 5.41) is 0. The molecule has 1 amide bonds. The Hall–Kier alpha value is -2.86. The fourth-order valence-corrected chi connectivity index (χ4v) is 4.67. The van der Waals surface area contributed by atoms with Gasteiger partial charge in [0.15, 0.2) is 0 Å². The summed E-state index contributed by atoms with van der Waals surface area (Å²) in [6.07, 6.45) is 5.65. The normalized spacial score (nSPS) is 15.2. The Bertz CT molecular complexity index is 1020. The summed E-state index contributed by atoms with van der Waals surface area (Å²) in [6.45, 7) is 4.78. The standard InChI is InChI=1S/C26H34N4O2/c1-28(26(31)14-18-30-20-27-23-8-4-5-9-24(23)30)19-21-11-15-29(16-12-21)17-13-22-7-3-6-10-25(22)32-2/h3-10,20-21H,11-19H2,1-2H3. The van der Waals surface area contributed by atoms with Crippen LogP contribution in [0.15, 0.2) is 54.9 Å². The summed E-state index contributed by atoms with van der Waals surface area (Å²) in [7, 11) is 3.68. The Morgan fingerprint density at radius 3 is 2.66 bits per heavy atom. The number of hydrogen-bond acceptors (Lipinski definition) is 4. The highest BCUT2D eigenvalue weighted by Crippen LogP contribution is 2.21. The predicted octanol–water partition coefficient (Wildman–Crippen LogP) is 3.85. The van der Waals surface area contributed by atoms with E-state index in [-0.39, 0.29) is 5.91 Å². The molecule has 0 spiro atoms. The second-order valence-electron chi connectivity index (χ2n) is 8.80. The van der Waals surface area contributed by atoms with E-state index in [1.54, 1.807) is 7.11 Å². The zero-order chi connectivity index (χ0) is 22.3. The molecule has 0 bridgehead atoms. The van der Waals surface area contributed by atoms with Gasteiger partial charge in [0, 0.05) is 33.1 Å². The van der Waals surface area contributed by atoms with Gasteiger partial charge < -0.3 is 19.1 Å². The maximum atomic E-state index is 12.7. The Morgan fingerprint density at radius 2 is 1.84 bits per heavy atom. The lowest BCUT2D eigenvalue weighted by atomic mass is 9.96. The number of hydrogen-bond donors (Lipinski definition) is 0. The Kier molecular flexibility index (Phi) is 7.43. The number of fused-ring (bicyclic) bond motifs is 1. The van der Waals surface area contributed by atoms with Gasteiger partial charge in [0.1, 0.15) is 5.75 Å². The van der Waals surface area contributed by atoms with E-state index in [0.717, 1.165) is 62.2 Å². The van der Waals surface area contributed by atoms with E-state index in [1.165, 1.54) is 5.56 Å². The summed E-state index contributed by atoms with van der Waals surface area (Å²) < 4.78 is 7.54. The van der Waals surface area contributed by atoms with Crippen molar-refractivity contribution in [3.63, 3.8) is 0 Å². The molecule has 3 aromatic rings. The number of imidazole rings is 1. The second-order valence-corrected chi connectivity index (χ2v) is 8.80. The molecule has 6 nitrogen and oxygen atoms in total. The van der Waals surface area contributed by atoms with Crippen molar-refractivity contribution < 1.29 is 9.53 Å². The first kappa shape index (κ1) is 22.3. The van der Waals surface area contributed by atoms with E-state index < -0.39 is 0 Å². The smallest absolute Gasteiger partial charge is 0.224 e. The van der Waals surface area contributed by atoms with E-state index in [2.05, 4.69) is 32.7 Å². The number of nitrogens with zero attached hydrogens (tertiary/aromatic N) is 4. The predicted molar refractivity (Wildman–Crippen MR) is 128 cm³/mol. The van der Waals surface area contributed by atoms with Crippen LogP contribution < -0.4 is 4.74 Å². The number of aromatic nitrogens is 2. The van der Waals surface area contributed by atoms with Crippen LogP contribution in [0.1, 0.15) is 24.8 Å². The van der Waals surface area contributed by atoms with Gasteiger partial charge in [0.2, 0.25) is 5.91 Å². The molecule has 1 aliphatic heterocycles. The SMILES string of the molecule is COc1ccccc1CCN1CCC(CN(C)C(=O)CCn2cnc3ccccc32)CC1. The molecule has 0 saturated carbocycles. The molecule has 170 valence electrons. The van der Waals surface area contributed by atoms with Gasteiger partial charge in [-0.3, -0.25) is 4.79 Å². The number of ether oxygens (including phenoxy) is 1. The molecule has 32 heavy (non-hydrogen) atoms. The lowest BCUT2D eigenvalue weighted by Crippen LogP contribution is -2.40. The van der Waals surface area contributed by atoms with Crippen molar-refractivity contribution in [3.05, 3.63) is 60.4 Å². The number of methoxy groups -OCH3 is 1. The average Bonchev–Trinajstić information content (AvgIpc) is 3.25. The van der Waals surface area contributed by atoms with Gasteiger partial charge in [-0.25, -0.2) is 4.98 Å². The third kappa shape index (κ3) is 5.49. The van der Waals surface area contributed by atoms with Gasteiger partial charge in [-0.05, 0) is 62.0 Å². The van der Waals surface area contributed by atoms with Crippen molar-refractivity contribution in [3.8, 4) is 5.75 Å². The number of aryl methyl sites for hydroxylation is 1. The zero-order valence-electron chi connectivity index (χ0n) is 19.2. The van der Waals surface area contributed by atoms with Crippen molar-refractivity contribution in [1.29, 1.82) is 0 Å². The Morgan fingerprint density at radius 1 is 1.09 bits per heavy atom. The number of benzene rings is 2. The van der Waals surface area contributed by atoms with Gasteiger partial charge in [-0.1, -0.05) is 30.3 Å².